The number of halogens is 2. The van der Waals surface area contributed by atoms with E-state index >= 15 is 0 Å². The number of nitrogens with one attached hydrogen (secondary N) is 2. The van der Waals surface area contributed by atoms with Crippen molar-refractivity contribution in [3.05, 3.63) is 63.7 Å². The molecule has 0 saturated heterocycles. The number of aromatic nitrogens is 2. The highest BCUT2D eigenvalue weighted by Gasteiger charge is 2.16. The second kappa shape index (κ2) is 13.0. The average Bonchev–Trinajstić information content (AvgIpc) is 3.39. The fourth-order valence-electron chi connectivity index (χ4n) is 3.09. The number of aryl methyl sites for hydroxylation is 1. The van der Waals surface area contributed by atoms with Crippen LogP contribution >= 0.6 is 35.3 Å². The smallest absolute Gasteiger partial charge is 0.191 e. The number of aliphatic imine (C=N–C) groups is 1. The molecule has 0 spiro atoms. The SMILES string of the molecule is CCNC(=NCCCc1nn(-c2ccc(F)cc2)c(N)c1C#N)NCCc1cccs1.I. The molecule has 3 rings (SSSR count). The Morgan fingerprint density at radius 3 is 2.69 bits per heavy atom. The van der Waals surface area contributed by atoms with Crippen molar-refractivity contribution in [1.29, 1.82) is 5.26 Å². The van der Waals surface area contributed by atoms with Crippen molar-refractivity contribution >= 4 is 47.1 Å². The van der Waals surface area contributed by atoms with Gasteiger partial charge in [0.2, 0.25) is 0 Å². The summed E-state index contributed by atoms with van der Waals surface area (Å²) in [6.45, 7) is 4.20. The number of nitrogen functional groups attached to an aromatic ring is 1. The molecule has 2 aromatic heterocycles. The van der Waals surface area contributed by atoms with Gasteiger partial charge >= 0.3 is 0 Å². The van der Waals surface area contributed by atoms with Gasteiger partial charge in [-0.2, -0.15) is 10.4 Å². The lowest BCUT2D eigenvalue weighted by atomic mass is 10.1. The summed E-state index contributed by atoms with van der Waals surface area (Å²) < 4.78 is 14.7. The minimum Gasteiger partial charge on any atom is -0.382 e. The average molecular weight is 567 g/mol. The highest BCUT2D eigenvalue weighted by Crippen LogP contribution is 2.21. The molecule has 4 N–H and O–H groups in total. The number of thiophene rings is 1. The van der Waals surface area contributed by atoms with E-state index in [1.54, 1.807) is 23.5 Å². The van der Waals surface area contributed by atoms with Crippen LogP contribution in [0.15, 0.2) is 46.8 Å². The summed E-state index contributed by atoms with van der Waals surface area (Å²) in [5.74, 6) is 0.695. The predicted molar refractivity (Wildman–Crippen MR) is 138 cm³/mol. The number of nitrogens with zero attached hydrogens (tertiary/aromatic N) is 4. The first kappa shape index (κ1) is 25.6. The molecule has 2 heterocycles. The van der Waals surface area contributed by atoms with Crippen LogP contribution in [0.2, 0.25) is 0 Å². The number of rotatable bonds is 9. The summed E-state index contributed by atoms with van der Waals surface area (Å²) in [6, 6.07) is 12.2. The van der Waals surface area contributed by atoms with E-state index in [0.717, 1.165) is 31.9 Å². The second-order valence-electron chi connectivity index (χ2n) is 6.83. The molecule has 0 fully saturated rings. The van der Waals surface area contributed by atoms with Gasteiger partial charge in [-0.1, -0.05) is 6.07 Å². The summed E-state index contributed by atoms with van der Waals surface area (Å²) in [5.41, 5.74) is 7.70. The van der Waals surface area contributed by atoms with Gasteiger partial charge in [0.05, 0.1) is 11.4 Å². The number of nitrogens with two attached hydrogens (primary N) is 1. The van der Waals surface area contributed by atoms with Gasteiger partial charge in [0, 0.05) is 24.5 Å². The minimum atomic E-state index is -0.339. The zero-order chi connectivity index (χ0) is 22.1. The van der Waals surface area contributed by atoms with E-state index in [4.69, 9.17) is 5.73 Å². The molecule has 0 unspecified atom stereocenters. The van der Waals surface area contributed by atoms with Crippen molar-refractivity contribution in [2.45, 2.75) is 26.2 Å². The molecule has 3 aromatic rings. The summed E-state index contributed by atoms with van der Waals surface area (Å²) in [7, 11) is 0. The fourth-order valence-corrected chi connectivity index (χ4v) is 3.80. The maximum atomic E-state index is 13.2. The number of hydrogen-bond donors (Lipinski definition) is 3. The Hall–Kier alpha value is -2.65. The van der Waals surface area contributed by atoms with Gasteiger partial charge in [-0.3, -0.25) is 4.99 Å². The quantitative estimate of drug-likeness (QED) is 0.158. The first-order valence-corrected chi connectivity index (χ1v) is 11.1. The summed E-state index contributed by atoms with van der Waals surface area (Å²) in [6.07, 6.45) is 2.24. The summed E-state index contributed by atoms with van der Waals surface area (Å²) in [4.78, 5) is 5.94. The molecule has 170 valence electrons. The van der Waals surface area contributed by atoms with Crippen LogP contribution in [0.5, 0.6) is 0 Å². The largest absolute Gasteiger partial charge is 0.382 e. The van der Waals surface area contributed by atoms with Crippen LogP contribution in [0.1, 0.15) is 29.5 Å². The molecule has 0 atom stereocenters. The lowest BCUT2D eigenvalue weighted by molar-refractivity contribution is 0.627. The van der Waals surface area contributed by atoms with Gasteiger partial charge in [-0.05, 0) is 61.9 Å². The van der Waals surface area contributed by atoms with E-state index < -0.39 is 0 Å². The Morgan fingerprint density at radius 1 is 1.25 bits per heavy atom. The van der Waals surface area contributed by atoms with Gasteiger partial charge in [-0.15, -0.1) is 35.3 Å². The molecule has 32 heavy (non-hydrogen) atoms. The third kappa shape index (κ3) is 6.93. The zero-order valence-electron chi connectivity index (χ0n) is 17.8. The lowest BCUT2D eigenvalue weighted by Crippen LogP contribution is -2.38. The zero-order valence-corrected chi connectivity index (χ0v) is 21.0. The molecule has 0 amide bonds. The maximum Gasteiger partial charge on any atom is 0.191 e. The number of anilines is 1. The Morgan fingerprint density at radius 2 is 2.03 bits per heavy atom. The van der Waals surface area contributed by atoms with Gasteiger partial charge in [0.15, 0.2) is 5.96 Å². The van der Waals surface area contributed by atoms with E-state index in [9.17, 15) is 9.65 Å². The molecule has 0 aliphatic heterocycles. The maximum absolute atomic E-state index is 13.2. The molecule has 0 aliphatic rings. The Labute approximate surface area is 208 Å². The molecular weight excluding hydrogens is 540 g/mol. The number of benzene rings is 1. The normalized spacial score (nSPS) is 11.0. The molecule has 7 nitrogen and oxygen atoms in total. The van der Waals surface area contributed by atoms with Crippen molar-refractivity contribution in [2.24, 2.45) is 4.99 Å². The topological polar surface area (TPSA) is 104 Å². The highest BCUT2D eigenvalue weighted by atomic mass is 127. The van der Waals surface area contributed by atoms with E-state index in [0.29, 0.717) is 29.9 Å². The Bertz CT molecular complexity index is 1040. The van der Waals surface area contributed by atoms with Crippen LogP contribution in [0.3, 0.4) is 0 Å². The summed E-state index contributed by atoms with van der Waals surface area (Å²) in [5, 5.41) is 22.6. The van der Waals surface area contributed by atoms with Crippen LogP contribution in [0, 0.1) is 17.1 Å². The van der Waals surface area contributed by atoms with Crippen LogP contribution in [-0.4, -0.2) is 35.4 Å². The van der Waals surface area contributed by atoms with Crippen molar-refractivity contribution < 1.29 is 4.39 Å². The molecule has 0 bridgehead atoms. The first-order chi connectivity index (χ1) is 15.1. The molecule has 1 aromatic carbocycles. The predicted octanol–water partition coefficient (Wildman–Crippen LogP) is 3.88. The number of nitriles is 1. The Kier molecular flexibility index (Phi) is 10.4. The summed E-state index contributed by atoms with van der Waals surface area (Å²) >= 11 is 1.75. The van der Waals surface area contributed by atoms with E-state index in [1.807, 2.05) is 6.92 Å². The van der Waals surface area contributed by atoms with Crippen LogP contribution in [-0.2, 0) is 12.8 Å². The monoisotopic (exact) mass is 567 g/mol. The van der Waals surface area contributed by atoms with Crippen LogP contribution in [0.4, 0.5) is 10.2 Å². The van der Waals surface area contributed by atoms with Crippen molar-refractivity contribution in [2.75, 3.05) is 25.4 Å². The molecule has 10 heteroatoms. The minimum absolute atomic E-state index is 0. The highest BCUT2D eigenvalue weighted by molar-refractivity contribution is 14.0. The van der Waals surface area contributed by atoms with Gasteiger partial charge in [0.25, 0.3) is 0 Å². The Balaban J connectivity index is 0.00000363. The van der Waals surface area contributed by atoms with Gasteiger partial charge < -0.3 is 16.4 Å². The van der Waals surface area contributed by atoms with Crippen molar-refractivity contribution in [3.63, 3.8) is 0 Å². The van der Waals surface area contributed by atoms with Crippen molar-refractivity contribution in [3.8, 4) is 11.8 Å². The van der Waals surface area contributed by atoms with Crippen LogP contribution < -0.4 is 16.4 Å². The number of hydrogen-bond acceptors (Lipinski definition) is 5. The van der Waals surface area contributed by atoms with E-state index in [-0.39, 0.29) is 35.6 Å². The fraction of sp³-hybridized carbons (Fsp3) is 0.318. The van der Waals surface area contributed by atoms with Crippen LogP contribution in [0.25, 0.3) is 5.69 Å². The molecule has 0 saturated carbocycles. The standard InChI is InChI=1S/C22H26FN7S.HI/c1-2-26-22(28-13-11-18-5-4-14-31-18)27-12-3-6-20-19(15-24)21(25)30(29-20)17-9-7-16(23)8-10-17;/h4-5,7-10,14H,2-3,6,11-13,25H2,1H3,(H2,26,27,28);1H. The van der Waals surface area contributed by atoms with E-state index in [1.165, 1.54) is 21.7 Å². The van der Waals surface area contributed by atoms with Gasteiger partial charge in [0.1, 0.15) is 23.3 Å². The lowest BCUT2D eigenvalue weighted by Gasteiger charge is -2.10. The third-order valence-corrected chi connectivity index (χ3v) is 5.54. The molecular formula is C22H27FIN7S. The third-order valence-electron chi connectivity index (χ3n) is 4.61. The van der Waals surface area contributed by atoms with E-state index in [2.05, 4.69) is 44.3 Å². The second-order valence-corrected chi connectivity index (χ2v) is 7.86. The van der Waals surface area contributed by atoms with Gasteiger partial charge in [-0.25, -0.2) is 9.07 Å². The number of guanidine groups is 1. The molecule has 0 radical (unpaired) electrons. The molecule has 0 aliphatic carbocycles. The first-order valence-electron chi connectivity index (χ1n) is 10.2. The van der Waals surface area contributed by atoms with Crippen molar-refractivity contribution in [1.82, 2.24) is 20.4 Å².